The highest BCUT2D eigenvalue weighted by molar-refractivity contribution is 5.71. The van der Waals surface area contributed by atoms with Crippen molar-refractivity contribution >= 4 is 17.9 Å². The monoisotopic (exact) mass is 1050 g/mol. The summed E-state index contributed by atoms with van der Waals surface area (Å²) in [5, 5.41) is 0. The fourth-order valence-corrected chi connectivity index (χ4v) is 9.39. The Labute approximate surface area is 465 Å². The van der Waals surface area contributed by atoms with E-state index in [2.05, 4.69) is 93.7 Å². The summed E-state index contributed by atoms with van der Waals surface area (Å²) in [6, 6.07) is 0. The molecule has 0 aromatic heterocycles. The van der Waals surface area contributed by atoms with Crippen LogP contribution in [0.3, 0.4) is 0 Å². The van der Waals surface area contributed by atoms with Crippen molar-refractivity contribution in [2.75, 3.05) is 13.2 Å². The summed E-state index contributed by atoms with van der Waals surface area (Å²) in [7, 11) is 0. The molecule has 0 spiro atoms. The Morgan fingerprint density at radius 2 is 0.520 bits per heavy atom. The van der Waals surface area contributed by atoms with E-state index in [4.69, 9.17) is 14.2 Å². The molecule has 0 aliphatic rings. The van der Waals surface area contributed by atoms with Crippen molar-refractivity contribution in [3.63, 3.8) is 0 Å². The Bertz CT molecular complexity index is 1390. The summed E-state index contributed by atoms with van der Waals surface area (Å²) in [4.78, 5) is 38.2. The second kappa shape index (κ2) is 63.4. The molecular formula is C69H122O6. The number of unbranched alkanes of at least 4 members (excludes halogenated alkanes) is 36. The predicted molar refractivity (Wildman–Crippen MR) is 325 cm³/mol. The summed E-state index contributed by atoms with van der Waals surface area (Å²) in [5.41, 5.74) is 0. The second-order valence-corrected chi connectivity index (χ2v) is 21.7. The van der Waals surface area contributed by atoms with Gasteiger partial charge in [-0.15, -0.1) is 0 Å². The third-order valence-electron chi connectivity index (χ3n) is 14.2. The van der Waals surface area contributed by atoms with E-state index in [1.165, 1.54) is 193 Å². The summed E-state index contributed by atoms with van der Waals surface area (Å²) in [5.74, 6) is -0.856. The topological polar surface area (TPSA) is 78.9 Å². The highest BCUT2D eigenvalue weighted by atomic mass is 16.6. The van der Waals surface area contributed by atoms with Crippen LogP contribution in [-0.4, -0.2) is 37.2 Å². The number of hydrogen-bond donors (Lipinski definition) is 0. The predicted octanol–water partition coefficient (Wildman–Crippen LogP) is 22.1. The number of carbonyl (C=O) groups is 3. The molecule has 0 aliphatic carbocycles. The van der Waals surface area contributed by atoms with E-state index in [1.807, 2.05) is 0 Å². The van der Waals surface area contributed by atoms with E-state index < -0.39 is 6.10 Å². The highest BCUT2D eigenvalue weighted by Gasteiger charge is 2.19. The van der Waals surface area contributed by atoms with Crippen molar-refractivity contribution in [2.24, 2.45) is 0 Å². The van der Waals surface area contributed by atoms with Gasteiger partial charge in [0.05, 0.1) is 0 Å². The maximum absolute atomic E-state index is 12.9. The Hall–Kier alpha value is -3.15. The molecule has 6 heteroatoms. The molecular weight excluding hydrogens is 925 g/mol. The van der Waals surface area contributed by atoms with Crippen LogP contribution in [0.5, 0.6) is 0 Å². The zero-order chi connectivity index (χ0) is 54.3. The third kappa shape index (κ3) is 61.6. The van der Waals surface area contributed by atoms with Crippen LogP contribution < -0.4 is 0 Å². The lowest BCUT2D eigenvalue weighted by atomic mass is 10.0. The molecule has 1 unspecified atom stereocenters. The summed E-state index contributed by atoms with van der Waals surface area (Å²) in [6.45, 7) is 6.55. The van der Waals surface area contributed by atoms with Crippen molar-refractivity contribution < 1.29 is 28.6 Å². The van der Waals surface area contributed by atoms with Gasteiger partial charge in [0.2, 0.25) is 0 Å². The molecule has 0 bridgehead atoms. The molecule has 0 fully saturated rings. The van der Waals surface area contributed by atoms with Crippen molar-refractivity contribution in [1.82, 2.24) is 0 Å². The normalized spacial score (nSPS) is 12.5. The summed E-state index contributed by atoms with van der Waals surface area (Å²) >= 11 is 0. The van der Waals surface area contributed by atoms with Crippen LogP contribution in [0.25, 0.3) is 0 Å². The molecule has 0 N–H and O–H groups in total. The minimum atomic E-state index is -0.771. The van der Waals surface area contributed by atoms with Crippen molar-refractivity contribution in [2.45, 2.75) is 335 Å². The first-order valence-corrected chi connectivity index (χ1v) is 32.4. The van der Waals surface area contributed by atoms with Gasteiger partial charge in [0.1, 0.15) is 13.2 Å². The lowest BCUT2D eigenvalue weighted by molar-refractivity contribution is -0.167. The SMILES string of the molecule is CC/C=C\C/C=C\C/C=C\C/C=C\C/C=C\C/C=C\CCCCCCCCCCCCCCC(=O)OCC(COC(=O)CCCCCCCCCCCC)OC(=O)CCCCCCCCCCCCCCCCCC. The summed E-state index contributed by atoms with van der Waals surface area (Å²) < 4.78 is 16.9. The van der Waals surface area contributed by atoms with E-state index in [9.17, 15) is 14.4 Å². The van der Waals surface area contributed by atoms with E-state index in [1.54, 1.807) is 0 Å². The second-order valence-electron chi connectivity index (χ2n) is 21.7. The maximum Gasteiger partial charge on any atom is 0.306 e. The first-order chi connectivity index (χ1) is 37.0. The standard InChI is InChI=1S/C69H122O6/c1-4-7-10-13-16-19-22-24-26-28-29-30-31-32-33-34-35-36-37-38-39-40-41-42-44-45-47-50-53-56-59-62-68(71)74-65-66(64-73-67(70)61-58-55-52-49-21-18-15-12-9-6-3)75-69(72)63-60-57-54-51-48-46-43-27-25-23-20-17-14-11-8-5-2/h7,10,16,19,24,26,29-30,32-33,35-36,66H,4-6,8-9,11-15,17-18,20-23,25,27-28,31,34,37-65H2,1-3H3/b10-7-,19-16-,26-24-,30-29-,33-32-,36-35-. The largest absolute Gasteiger partial charge is 0.462 e. The third-order valence-corrected chi connectivity index (χ3v) is 14.2. The molecule has 1 atom stereocenters. The minimum absolute atomic E-state index is 0.0698. The fourth-order valence-electron chi connectivity index (χ4n) is 9.39. The van der Waals surface area contributed by atoms with E-state index in [0.717, 1.165) is 96.3 Å². The quantitative estimate of drug-likeness (QED) is 0.0261. The Morgan fingerprint density at radius 1 is 0.280 bits per heavy atom. The zero-order valence-electron chi connectivity index (χ0n) is 49.8. The number of hydrogen-bond acceptors (Lipinski definition) is 6. The van der Waals surface area contributed by atoms with Gasteiger partial charge >= 0.3 is 17.9 Å². The molecule has 6 nitrogen and oxygen atoms in total. The molecule has 0 aliphatic heterocycles. The van der Waals surface area contributed by atoms with E-state index in [0.29, 0.717) is 19.3 Å². The van der Waals surface area contributed by atoms with Crippen LogP contribution in [0.1, 0.15) is 329 Å². The average Bonchev–Trinajstić information content (AvgIpc) is 3.41. The Balaban J connectivity index is 4.15. The van der Waals surface area contributed by atoms with Gasteiger partial charge in [-0.1, -0.05) is 312 Å². The Kier molecular flexibility index (Phi) is 60.7. The molecule has 0 saturated carbocycles. The van der Waals surface area contributed by atoms with Crippen LogP contribution >= 0.6 is 0 Å². The van der Waals surface area contributed by atoms with Crippen LogP contribution in [0.15, 0.2) is 72.9 Å². The van der Waals surface area contributed by atoms with Crippen molar-refractivity contribution in [3.8, 4) is 0 Å². The average molecular weight is 1050 g/mol. The van der Waals surface area contributed by atoms with Crippen molar-refractivity contribution in [3.05, 3.63) is 72.9 Å². The molecule has 0 saturated heterocycles. The maximum atomic E-state index is 12.9. The van der Waals surface area contributed by atoms with Gasteiger partial charge in [0.15, 0.2) is 6.10 Å². The van der Waals surface area contributed by atoms with Gasteiger partial charge in [-0.25, -0.2) is 0 Å². The number of ether oxygens (including phenoxy) is 3. The fraction of sp³-hybridized carbons (Fsp3) is 0.783. The first-order valence-electron chi connectivity index (χ1n) is 32.4. The number of carbonyl (C=O) groups excluding carboxylic acids is 3. The molecule has 0 heterocycles. The smallest absolute Gasteiger partial charge is 0.306 e. The van der Waals surface area contributed by atoms with Gasteiger partial charge in [-0.2, -0.15) is 0 Å². The minimum Gasteiger partial charge on any atom is -0.462 e. The van der Waals surface area contributed by atoms with Gasteiger partial charge in [-0.3, -0.25) is 14.4 Å². The molecule has 0 aromatic carbocycles. The molecule has 75 heavy (non-hydrogen) atoms. The van der Waals surface area contributed by atoms with Crippen LogP contribution in [0.2, 0.25) is 0 Å². The van der Waals surface area contributed by atoms with Crippen molar-refractivity contribution in [1.29, 1.82) is 0 Å². The van der Waals surface area contributed by atoms with Crippen LogP contribution in [-0.2, 0) is 28.6 Å². The number of allylic oxidation sites excluding steroid dienone is 12. The van der Waals surface area contributed by atoms with Crippen LogP contribution in [0.4, 0.5) is 0 Å². The van der Waals surface area contributed by atoms with Gasteiger partial charge < -0.3 is 14.2 Å². The first kappa shape index (κ1) is 71.8. The molecule has 0 amide bonds. The molecule has 0 radical (unpaired) electrons. The van der Waals surface area contributed by atoms with Gasteiger partial charge in [0, 0.05) is 19.3 Å². The number of esters is 3. The van der Waals surface area contributed by atoms with Gasteiger partial charge in [0.25, 0.3) is 0 Å². The summed E-state index contributed by atoms with van der Waals surface area (Å²) in [6.07, 6.45) is 82.0. The lowest BCUT2D eigenvalue weighted by Gasteiger charge is -2.18. The zero-order valence-corrected chi connectivity index (χ0v) is 49.8. The molecule has 434 valence electrons. The Morgan fingerprint density at radius 3 is 0.813 bits per heavy atom. The van der Waals surface area contributed by atoms with Gasteiger partial charge in [-0.05, 0) is 70.6 Å². The molecule has 0 rings (SSSR count). The van der Waals surface area contributed by atoms with E-state index in [-0.39, 0.29) is 31.1 Å². The van der Waals surface area contributed by atoms with E-state index >= 15 is 0 Å². The van der Waals surface area contributed by atoms with Crippen LogP contribution in [0, 0.1) is 0 Å². The lowest BCUT2D eigenvalue weighted by Crippen LogP contribution is -2.30. The molecule has 0 aromatic rings. The number of rotatable bonds is 59. The highest BCUT2D eigenvalue weighted by Crippen LogP contribution is 2.17.